The number of rotatable bonds is 5. The van der Waals surface area contributed by atoms with E-state index in [0.29, 0.717) is 22.3 Å². The molecule has 1 aliphatic heterocycles. The number of carbonyl (C=O) groups excluding carboxylic acids is 2. The zero-order valence-electron chi connectivity index (χ0n) is 13.6. The van der Waals surface area contributed by atoms with E-state index in [0.717, 1.165) is 18.7 Å². The summed E-state index contributed by atoms with van der Waals surface area (Å²) < 4.78 is 13.2. The van der Waals surface area contributed by atoms with E-state index >= 15 is 0 Å². The number of thiophene rings is 1. The van der Waals surface area contributed by atoms with Gasteiger partial charge >= 0.3 is 0 Å². The summed E-state index contributed by atoms with van der Waals surface area (Å²) in [5.74, 6) is -0.504. The van der Waals surface area contributed by atoms with Crippen LogP contribution in [0.2, 0.25) is 0 Å². The normalized spacial score (nSPS) is 13.5. The fourth-order valence-electron chi connectivity index (χ4n) is 2.39. The molecule has 1 aromatic heterocycles. The molecule has 134 valence electrons. The van der Waals surface area contributed by atoms with Crippen molar-refractivity contribution < 1.29 is 14.0 Å². The molecule has 1 fully saturated rings. The molecule has 3 rings (SSSR count). The van der Waals surface area contributed by atoms with E-state index in [4.69, 9.17) is 0 Å². The predicted octanol–water partition coefficient (Wildman–Crippen LogP) is 2.82. The van der Waals surface area contributed by atoms with Gasteiger partial charge in [0.1, 0.15) is 5.82 Å². The van der Waals surface area contributed by atoms with Gasteiger partial charge in [0, 0.05) is 31.1 Å². The Balaban J connectivity index is 0.00000225. The minimum absolute atomic E-state index is 0. The lowest BCUT2D eigenvalue weighted by atomic mass is 10.0. The van der Waals surface area contributed by atoms with Gasteiger partial charge in [-0.1, -0.05) is 6.07 Å². The summed E-state index contributed by atoms with van der Waals surface area (Å²) in [5.41, 5.74) is 1.04. The van der Waals surface area contributed by atoms with Crippen molar-refractivity contribution in [2.24, 2.45) is 5.92 Å². The van der Waals surface area contributed by atoms with Gasteiger partial charge in [0.25, 0.3) is 11.8 Å². The summed E-state index contributed by atoms with van der Waals surface area (Å²) in [7, 11) is 0. The standard InChI is InChI=1S/C17H18FN3O2S.ClH/c1-10-5-14(21-16(22)12-3-2-4-13(18)6-12)24-15(10)17(23)20-9-11-7-19-8-11;/h2-6,11,19H,7-9H2,1H3,(H,20,23)(H,21,22);1H. The van der Waals surface area contributed by atoms with E-state index < -0.39 is 11.7 Å². The molecular formula is C17H19ClFN3O2S. The van der Waals surface area contributed by atoms with Crippen LogP contribution in [0.5, 0.6) is 0 Å². The zero-order chi connectivity index (χ0) is 17.1. The summed E-state index contributed by atoms with van der Waals surface area (Å²) in [5, 5.41) is 9.35. The zero-order valence-corrected chi connectivity index (χ0v) is 15.2. The lowest BCUT2D eigenvalue weighted by Gasteiger charge is -2.26. The Bertz CT molecular complexity index is 777. The molecule has 3 N–H and O–H groups in total. The molecule has 25 heavy (non-hydrogen) atoms. The smallest absolute Gasteiger partial charge is 0.261 e. The number of amides is 2. The third-order valence-corrected chi connectivity index (χ3v) is 5.02. The van der Waals surface area contributed by atoms with Crippen LogP contribution in [0.3, 0.4) is 0 Å². The minimum Gasteiger partial charge on any atom is -0.351 e. The van der Waals surface area contributed by atoms with Gasteiger partial charge in [0.05, 0.1) is 9.88 Å². The molecule has 1 aliphatic rings. The summed E-state index contributed by atoms with van der Waals surface area (Å²) >= 11 is 1.22. The van der Waals surface area contributed by atoms with Crippen molar-refractivity contribution in [3.8, 4) is 0 Å². The lowest BCUT2D eigenvalue weighted by Crippen LogP contribution is -2.48. The molecule has 1 aromatic carbocycles. The Morgan fingerprint density at radius 2 is 2.04 bits per heavy atom. The highest BCUT2D eigenvalue weighted by atomic mass is 35.5. The fraction of sp³-hybridized carbons (Fsp3) is 0.294. The van der Waals surface area contributed by atoms with Crippen molar-refractivity contribution >= 4 is 40.6 Å². The second-order valence-corrected chi connectivity index (χ2v) is 6.87. The van der Waals surface area contributed by atoms with E-state index in [1.54, 1.807) is 12.1 Å². The minimum atomic E-state index is -0.462. The first-order chi connectivity index (χ1) is 11.5. The first-order valence-electron chi connectivity index (χ1n) is 7.69. The number of anilines is 1. The summed E-state index contributed by atoms with van der Waals surface area (Å²) in [6.07, 6.45) is 0. The maximum Gasteiger partial charge on any atom is 0.261 e. The number of nitrogens with one attached hydrogen (secondary N) is 3. The lowest BCUT2D eigenvalue weighted by molar-refractivity contribution is 0.0945. The van der Waals surface area contributed by atoms with Gasteiger partial charge < -0.3 is 16.0 Å². The average Bonchev–Trinajstić information content (AvgIpc) is 2.86. The first kappa shape index (κ1) is 19.4. The highest BCUT2D eigenvalue weighted by Crippen LogP contribution is 2.27. The molecule has 0 atom stereocenters. The predicted molar refractivity (Wildman–Crippen MR) is 99.4 cm³/mol. The molecule has 2 aromatic rings. The summed E-state index contributed by atoms with van der Waals surface area (Å²) in [4.78, 5) is 25.0. The van der Waals surface area contributed by atoms with E-state index in [1.807, 2.05) is 6.92 Å². The number of aryl methyl sites for hydroxylation is 1. The van der Waals surface area contributed by atoms with Gasteiger partial charge in [-0.3, -0.25) is 9.59 Å². The number of benzene rings is 1. The van der Waals surface area contributed by atoms with Gasteiger partial charge in [-0.05, 0) is 36.8 Å². The topological polar surface area (TPSA) is 70.2 Å². The highest BCUT2D eigenvalue weighted by Gasteiger charge is 2.20. The molecule has 0 bridgehead atoms. The maximum atomic E-state index is 13.2. The van der Waals surface area contributed by atoms with E-state index in [2.05, 4.69) is 16.0 Å². The van der Waals surface area contributed by atoms with Crippen molar-refractivity contribution in [3.63, 3.8) is 0 Å². The van der Waals surface area contributed by atoms with Crippen molar-refractivity contribution in [1.29, 1.82) is 0 Å². The average molecular weight is 384 g/mol. The number of hydrogen-bond acceptors (Lipinski definition) is 4. The SMILES string of the molecule is Cc1cc(NC(=O)c2cccc(F)c2)sc1C(=O)NCC1CNC1.Cl. The van der Waals surface area contributed by atoms with Crippen molar-refractivity contribution in [1.82, 2.24) is 10.6 Å². The fourth-order valence-corrected chi connectivity index (χ4v) is 3.38. The monoisotopic (exact) mass is 383 g/mol. The maximum absolute atomic E-state index is 13.2. The Kier molecular flexibility index (Phi) is 6.52. The van der Waals surface area contributed by atoms with Crippen LogP contribution in [0.15, 0.2) is 30.3 Å². The second kappa shape index (κ2) is 8.42. The van der Waals surface area contributed by atoms with Crippen LogP contribution in [0, 0.1) is 18.7 Å². The Hall–Kier alpha value is -1.96. The van der Waals surface area contributed by atoms with Gasteiger partial charge in [-0.25, -0.2) is 4.39 Å². The third kappa shape index (κ3) is 4.78. The van der Waals surface area contributed by atoms with E-state index in [1.165, 1.54) is 29.5 Å². The van der Waals surface area contributed by atoms with E-state index in [9.17, 15) is 14.0 Å². The molecule has 0 aliphatic carbocycles. The van der Waals surface area contributed by atoms with Gasteiger partial charge in [-0.15, -0.1) is 23.7 Å². The quantitative estimate of drug-likeness (QED) is 0.743. The number of halogens is 2. The van der Waals surface area contributed by atoms with Crippen LogP contribution >= 0.6 is 23.7 Å². The van der Waals surface area contributed by atoms with E-state index in [-0.39, 0.29) is 23.9 Å². The van der Waals surface area contributed by atoms with Crippen LogP contribution in [0.1, 0.15) is 25.6 Å². The van der Waals surface area contributed by atoms with Crippen molar-refractivity contribution in [2.75, 3.05) is 25.0 Å². The molecule has 0 spiro atoms. The van der Waals surface area contributed by atoms with Crippen LogP contribution in [0.4, 0.5) is 9.39 Å². The van der Waals surface area contributed by atoms with Crippen LogP contribution in [-0.4, -0.2) is 31.4 Å². The summed E-state index contributed by atoms with van der Waals surface area (Å²) in [6, 6.07) is 7.24. The van der Waals surface area contributed by atoms with Gasteiger partial charge in [-0.2, -0.15) is 0 Å². The Morgan fingerprint density at radius 1 is 1.28 bits per heavy atom. The molecule has 1 saturated heterocycles. The second-order valence-electron chi connectivity index (χ2n) is 5.82. The van der Waals surface area contributed by atoms with Crippen molar-refractivity contribution in [3.05, 3.63) is 52.2 Å². The third-order valence-electron chi connectivity index (χ3n) is 3.86. The molecule has 8 heteroatoms. The first-order valence-corrected chi connectivity index (χ1v) is 8.51. The molecule has 0 radical (unpaired) electrons. The molecule has 0 unspecified atom stereocenters. The number of carbonyl (C=O) groups is 2. The van der Waals surface area contributed by atoms with Gasteiger partial charge in [0.15, 0.2) is 0 Å². The van der Waals surface area contributed by atoms with Crippen LogP contribution < -0.4 is 16.0 Å². The summed E-state index contributed by atoms with van der Waals surface area (Å²) in [6.45, 7) is 4.33. The molecular weight excluding hydrogens is 365 g/mol. The van der Waals surface area contributed by atoms with Gasteiger partial charge in [0.2, 0.25) is 0 Å². The highest BCUT2D eigenvalue weighted by molar-refractivity contribution is 7.18. The number of hydrogen-bond donors (Lipinski definition) is 3. The Labute approximate surface area is 155 Å². The molecule has 2 heterocycles. The molecule has 0 saturated carbocycles. The van der Waals surface area contributed by atoms with Crippen molar-refractivity contribution in [2.45, 2.75) is 6.92 Å². The van der Waals surface area contributed by atoms with Crippen LogP contribution in [-0.2, 0) is 0 Å². The molecule has 5 nitrogen and oxygen atoms in total. The largest absolute Gasteiger partial charge is 0.351 e. The van der Waals surface area contributed by atoms with Crippen LogP contribution in [0.25, 0.3) is 0 Å². The molecule has 2 amide bonds. The Morgan fingerprint density at radius 3 is 2.68 bits per heavy atom.